The van der Waals surface area contributed by atoms with Crippen LogP contribution in [0.2, 0.25) is 0 Å². The number of para-hydroxylation sites is 1. The largest absolute Gasteiger partial charge is 0.360 e. The van der Waals surface area contributed by atoms with Crippen LogP contribution < -0.4 is 10.2 Å². The molecule has 0 bridgehead atoms. The Morgan fingerprint density at radius 2 is 1.88 bits per heavy atom. The Kier molecular flexibility index (Phi) is 5.60. The number of nitrogens with zero attached hydrogens (tertiary/aromatic N) is 1. The van der Waals surface area contributed by atoms with Crippen molar-refractivity contribution in [3.8, 4) is 0 Å². The fourth-order valence-electron chi connectivity index (χ4n) is 3.84. The maximum Gasteiger partial charge on any atom is 0.243 e. The van der Waals surface area contributed by atoms with Crippen LogP contribution in [0.25, 0.3) is 0 Å². The van der Waals surface area contributed by atoms with Crippen LogP contribution in [0.1, 0.15) is 42.5 Å². The van der Waals surface area contributed by atoms with Crippen molar-refractivity contribution < 1.29 is 9.18 Å². The number of nitrogens with one attached hydrogen (secondary N) is 1. The fourth-order valence-corrected chi connectivity index (χ4v) is 3.84. The van der Waals surface area contributed by atoms with Crippen LogP contribution in [0.15, 0.2) is 30.3 Å². The number of amides is 1. The Bertz CT molecular complexity index is 794. The number of fused-ring (bicyclic) bond motifs is 1. The summed E-state index contributed by atoms with van der Waals surface area (Å²) in [4.78, 5) is 14.6. The smallest absolute Gasteiger partial charge is 0.243 e. The zero-order valence-electron chi connectivity index (χ0n) is 15.9. The lowest BCUT2D eigenvalue weighted by Gasteiger charge is -2.31. The summed E-state index contributed by atoms with van der Waals surface area (Å²) in [6.45, 7) is 6.96. The summed E-state index contributed by atoms with van der Waals surface area (Å²) < 4.78 is 14.5. The molecule has 0 saturated carbocycles. The predicted octanol–water partition coefficient (Wildman–Crippen LogP) is 4.65. The maximum atomic E-state index is 14.5. The van der Waals surface area contributed by atoms with Gasteiger partial charge in [0, 0.05) is 12.2 Å². The van der Waals surface area contributed by atoms with Gasteiger partial charge in [0.05, 0.1) is 12.2 Å². The summed E-state index contributed by atoms with van der Waals surface area (Å²) >= 11 is 0. The van der Waals surface area contributed by atoms with E-state index in [1.165, 1.54) is 0 Å². The first-order chi connectivity index (χ1) is 12.5. The minimum absolute atomic E-state index is 0.0894. The van der Waals surface area contributed by atoms with Gasteiger partial charge in [-0.1, -0.05) is 38.1 Å². The van der Waals surface area contributed by atoms with E-state index in [4.69, 9.17) is 0 Å². The van der Waals surface area contributed by atoms with Gasteiger partial charge in [-0.3, -0.25) is 4.79 Å². The molecule has 0 unspecified atom stereocenters. The van der Waals surface area contributed by atoms with E-state index in [0.717, 1.165) is 53.6 Å². The summed E-state index contributed by atoms with van der Waals surface area (Å²) in [6, 6.07) is 9.72. The van der Waals surface area contributed by atoms with Crippen molar-refractivity contribution in [2.45, 2.75) is 46.5 Å². The van der Waals surface area contributed by atoms with Crippen LogP contribution in [0.5, 0.6) is 0 Å². The van der Waals surface area contributed by atoms with Crippen molar-refractivity contribution in [3.05, 3.63) is 58.4 Å². The second-order valence-electron chi connectivity index (χ2n) is 6.99. The average Bonchev–Trinajstić information content (AvgIpc) is 2.61. The Morgan fingerprint density at radius 1 is 1.19 bits per heavy atom. The number of halogens is 1. The molecule has 1 heterocycles. The van der Waals surface area contributed by atoms with Crippen LogP contribution >= 0.6 is 0 Å². The van der Waals surface area contributed by atoms with E-state index in [0.29, 0.717) is 12.2 Å². The van der Waals surface area contributed by atoms with Gasteiger partial charge in [0.1, 0.15) is 5.82 Å². The first-order valence-corrected chi connectivity index (χ1v) is 9.48. The van der Waals surface area contributed by atoms with Crippen molar-refractivity contribution in [1.29, 1.82) is 0 Å². The van der Waals surface area contributed by atoms with Gasteiger partial charge in [-0.25, -0.2) is 4.39 Å². The molecule has 2 aromatic carbocycles. The molecule has 0 radical (unpaired) electrons. The summed E-state index contributed by atoms with van der Waals surface area (Å²) in [5.41, 5.74) is 5.72. The third kappa shape index (κ3) is 3.74. The summed E-state index contributed by atoms with van der Waals surface area (Å²) in [5, 5.41) is 3.09. The second-order valence-corrected chi connectivity index (χ2v) is 6.99. The van der Waals surface area contributed by atoms with Gasteiger partial charge in [0.25, 0.3) is 0 Å². The van der Waals surface area contributed by atoms with Crippen LogP contribution in [0.4, 0.5) is 15.8 Å². The Morgan fingerprint density at radius 3 is 2.54 bits per heavy atom. The van der Waals surface area contributed by atoms with E-state index in [-0.39, 0.29) is 18.3 Å². The van der Waals surface area contributed by atoms with Gasteiger partial charge in [-0.15, -0.1) is 0 Å². The van der Waals surface area contributed by atoms with Gasteiger partial charge in [-0.2, -0.15) is 0 Å². The first kappa shape index (κ1) is 18.4. The molecule has 0 atom stereocenters. The van der Waals surface area contributed by atoms with Crippen LogP contribution in [-0.2, 0) is 24.1 Å². The number of rotatable bonds is 5. The summed E-state index contributed by atoms with van der Waals surface area (Å²) in [5.74, 6) is -0.316. The lowest BCUT2D eigenvalue weighted by molar-refractivity contribution is -0.115. The Balaban J connectivity index is 1.81. The normalized spacial score (nSPS) is 13.5. The molecule has 1 amide bonds. The molecule has 1 aliphatic rings. The lowest BCUT2D eigenvalue weighted by atomic mass is 9.99. The molecule has 0 fully saturated rings. The summed E-state index contributed by atoms with van der Waals surface area (Å²) in [7, 11) is 0. The van der Waals surface area contributed by atoms with Gasteiger partial charge in [0.15, 0.2) is 0 Å². The van der Waals surface area contributed by atoms with Crippen molar-refractivity contribution in [3.63, 3.8) is 0 Å². The highest BCUT2D eigenvalue weighted by Gasteiger charge is 2.23. The van der Waals surface area contributed by atoms with Gasteiger partial charge in [0.2, 0.25) is 5.91 Å². The molecule has 138 valence electrons. The lowest BCUT2D eigenvalue weighted by Crippen LogP contribution is -2.37. The Labute approximate surface area is 155 Å². The number of carbonyl (C=O) groups excluding carboxylic acids is 1. The topological polar surface area (TPSA) is 32.3 Å². The predicted molar refractivity (Wildman–Crippen MR) is 105 cm³/mol. The number of anilines is 2. The molecule has 0 spiro atoms. The second kappa shape index (κ2) is 7.90. The maximum absolute atomic E-state index is 14.5. The Hall–Kier alpha value is -2.36. The van der Waals surface area contributed by atoms with E-state index < -0.39 is 0 Å². The molecular weight excluding hydrogens is 327 g/mol. The molecule has 3 nitrogen and oxygen atoms in total. The SMILES string of the molecule is CCc1cccc(CC)c1NC(=O)CN1CCCc2cc(C)cc(F)c21. The standard InChI is InChI=1S/C22H27FN2O/c1-4-16-8-6-9-17(5-2)21(16)24-20(26)14-25-11-7-10-18-12-15(3)13-19(23)22(18)25/h6,8-9,12-13H,4-5,7,10-11,14H2,1-3H3,(H,24,26). The van der Waals surface area contributed by atoms with Crippen LogP contribution in [0, 0.1) is 12.7 Å². The molecular formula is C22H27FN2O. The van der Waals surface area contributed by atoms with Crippen LogP contribution in [0.3, 0.4) is 0 Å². The minimum Gasteiger partial charge on any atom is -0.360 e. The fraction of sp³-hybridized carbons (Fsp3) is 0.409. The van der Waals surface area contributed by atoms with Gasteiger partial charge in [-0.05, 0) is 60.9 Å². The number of hydrogen-bond acceptors (Lipinski definition) is 2. The molecule has 0 aliphatic carbocycles. The highest BCUT2D eigenvalue weighted by molar-refractivity contribution is 5.95. The zero-order chi connectivity index (χ0) is 18.7. The molecule has 26 heavy (non-hydrogen) atoms. The van der Waals surface area contributed by atoms with E-state index in [1.807, 2.05) is 36.1 Å². The van der Waals surface area contributed by atoms with E-state index in [2.05, 4.69) is 19.2 Å². The highest BCUT2D eigenvalue weighted by atomic mass is 19.1. The van der Waals surface area contributed by atoms with E-state index >= 15 is 0 Å². The van der Waals surface area contributed by atoms with Gasteiger partial charge < -0.3 is 10.2 Å². The zero-order valence-corrected chi connectivity index (χ0v) is 15.9. The van der Waals surface area contributed by atoms with Gasteiger partial charge >= 0.3 is 0 Å². The minimum atomic E-state index is -0.226. The molecule has 1 aliphatic heterocycles. The van der Waals surface area contributed by atoms with Crippen LogP contribution in [-0.4, -0.2) is 19.0 Å². The molecule has 4 heteroatoms. The summed E-state index contributed by atoms with van der Waals surface area (Å²) in [6.07, 6.45) is 3.54. The highest BCUT2D eigenvalue weighted by Crippen LogP contribution is 2.31. The number of carbonyl (C=O) groups is 1. The van der Waals surface area contributed by atoms with Crippen molar-refractivity contribution in [1.82, 2.24) is 0 Å². The molecule has 3 rings (SSSR count). The third-order valence-electron chi connectivity index (χ3n) is 5.07. The van der Waals surface area contributed by atoms with Crippen molar-refractivity contribution in [2.24, 2.45) is 0 Å². The van der Waals surface area contributed by atoms with E-state index in [9.17, 15) is 9.18 Å². The van der Waals surface area contributed by atoms with Crippen molar-refractivity contribution >= 4 is 17.3 Å². The number of aryl methyl sites for hydroxylation is 4. The molecule has 2 aromatic rings. The van der Waals surface area contributed by atoms with E-state index in [1.54, 1.807) is 6.07 Å². The number of hydrogen-bond donors (Lipinski definition) is 1. The number of benzene rings is 2. The quantitative estimate of drug-likeness (QED) is 0.848. The average molecular weight is 354 g/mol. The third-order valence-corrected chi connectivity index (χ3v) is 5.07. The monoisotopic (exact) mass is 354 g/mol. The first-order valence-electron chi connectivity index (χ1n) is 9.48. The molecule has 1 N–H and O–H groups in total. The van der Waals surface area contributed by atoms with Crippen molar-refractivity contribution in [2.75, 3.05) is 23.3 Å². The molecule has 0 saturated heterocycles. The molecule has 0 aromatic heterocycles.